The second-order valence-corrected chi connectivity index (χ2v) is 8.07. The zero-order valence-electron chi connectivity index (χ0n) is 12.0. The smallest absolute Gasteiger partial charge is 0.386 e. The third-order valence-electron chi connectivity index (χ3n) is 3.92. The molecule has 1 fully saturated rings. The molecule has 0 amide bonds. The van der Waals surface area contributed by atoms with Crippen molar-refractivity contribution in [2.75, 3.05) is 40.4 Å². The van der Waals surface area contributed by atoms with Gasteiger partial charge in [0.25, 0.3) is 0 Å². The summed E-state index contributed by atoms with van der Waals surface area (Å²) in [5, 5.41) is 0. The fourth-order valence-electron chi connectivity index (χ4n) is 2.82. The lowest BCUT2D eigenvalue weighted by Crippen LogP contribution is -2.58. The van der Waals surface area contributed by atoms with Crippen LogP contribution in [0.4, 0.5) is 0 Å². The minimum atomic E-state index is -2.06. The number of hydrogen-bond acceptors (Lipinski definition) is 4. The molecule has 1 unspecified atom stereocenters. The Hall–Kier alpha value is 0.0569. The van der Waals surface area contributed by atoms with E-state index in [0.29, 0.717) is 6.04 Å². The van der Waals surface area contributed by atoms with E-state index in [1.165, 1.54) is 6.42 Å². The van der Waals surface area contributed by atoms with Crippen molar-refractivity contribution in [2.45, 2.75) is 39.3 Å². The van der Waals surface area contributed by atoms with Crippen LogP contribution in [0.1, 0.15) is 27.2 Å². The van der Waals surface area contributed by atoms with E-state index in [-0.39, 0.29) is 0 Å². The molecule has 0 aromatic rings. The van der Waals surface area contributed by atoms with Gasteiger partial charge < -0.3 is 13.8 Å². The van der Waals surface area contributed by atoms with E-state index in [2.05, 4.69) is 30.2 Å². The van der Waals surface area contributed by atoms with Gasteiger partial charge in [0.2, 0.25) is 0 Å². The monoisotopic (exact) mass is 260 g/mol. The summed E-state index contributed by atoms with van der Waals surface area (Å²) in [6.07, 6.45) is 1.20. The van der Waals surface area contributed by atoms with Crippen molar-refractivity contribution >= 4 is 8.72 Å². The van der Waals surface area contributed by atoms with Crippen LogP contribution in [-0.4, -0.2) is 64.6 Å². The Morgan fingerprint density at radius 1 is 1.24 bits per heavy atom. The summed E-state index contributed by atoms with van der Waals surface area (Å²) in [6, 6.07) is 1.62. The van der Waals surface area contributed by atoms with Crippen molar-refractivity contribution in [2.24, 2.45) is 0 Å². The number of likely N-dealkylation sites (N-methyl/N-ethyl adjacent to an activating group) is 1. The number of hydrogen-bond donors (Lipinski definition) is 0. The first-order valence-electron chi connectivity index (χ1n) is 6.72. The lowest BCUT2D eigenvalue weighted by molar-refractivity contribution is 0.141. The molecule has 1 aliphatic rings. The Kier molecular flexibility index (Phi) is 6.09. The molecule has 0 aromatic heterocycles. The predicted octanol–water partition coefficient (Wildman–Crippen LogP) is 1.65. The molecule has 1 rings (SSSR count). The first-order valence-corrected chi connectivity index (χ1v) is 8.70. The third kappa shape index (κ3) is 3.29. The third-order valence-corrected chi connectivity index (χ3v) is 7.72. The summed E-state index contributed by atoms with van der Waals surface area (Å²) >= 11 is 0. The van der Waals surface area contributed by atoms with Crippen molar-refractivity contribution in [3.63, 3.8) is 0 Å². The Morgan fingerprint density at radius 2 is 1.82 bits per heavy atom. The molecular formula is C12H28N2O2Si. The molecule has 0 saturated carbocycles. The first-order chi connectivity index (χ1) is 8.13. The molecule has 1 heterocycles. The molecule has 0 bridgehead atoms. The Balaban J connectivity index is 2.64. The summed E-state index contributed by atoms with van der Waals surface area (Å²) in [4.78, 5) is 2.47. The summed E-state index contributed by atoms with van der Waals surface area (Å²) in [5.74, 6) is 0. The molecule has 1 saturated heterocycles. The van der Waals surface area contributed by atoms with Crippen LogP contribution in [0.5, 0.6) is 0 Å². The summed E-state index contributed by atoms with van der Waals surface area (Å²) < 4.78 is 14.0. The van der Waals surface area contributed by atoms with Crippen LogP contribution in [0.2, 0.25) is 6.04 Å². The van der Waals surface area contributed by atoms with Gasteiger partial charge >= 0.3 is 8.72 Å². The maximum absolute atomic E-state index is 5.75. The highest BCUT2D eigenvalue weighted by atomic mass is 28.4. The Labute approximate surface area is 107 Å². The van der Waals surface area contributed by atoms with Crippen LogP contribution < -0.4 is 0 Å². The Morgan fingerprint density at radius 3 is 2.29 bits per heavy atom. The van der Waals surface area contributed by atoms with Crippen molar-refractivity contribution in [3.8, 4) is 0 Å². The molecule has 0 aliphatic carbocycles. The zero-order valence-corrected chi connectivity index (χ0v) is 13.0. The molecule has 0 radical (unpaired) electrons. The standard InChI is InChI=1S/C12H28N2O2Si/c1-6-13(7-2)11-12(3)14-9-8-10-17(14,15-4)16-5/h12H,6-11H2,1-5H3. The number of rotatable bonds is 7. The molecule has 17 heavy (non-hydrogen) atoms. The quantitative estimate of drug-likeness (QED) is 0.650. The van der Waals surface area contributed by atoms with Gasteiger partial charge in [0.05, 0.1) is 0 Å². The second kappa shape index (κ2) is 6.85. The second-order valence-electron chi connectivity index (χ2n) is 4.75. The molecule has 5 heteroatoms. The van der Waals surface area contributed by atoms with Crippen LogP contribution in [0, 0.1) is 0 Å². The molecule has 0 aromatic carbocycles. The minimum Gasteiger partial charge on any atom is -0.386 e. The van der Waals surface area contributed by atoms with Gasteiger partial charge in [0, 0.05) is 32.9 Å². The van der Waals surface area contributed by atoms with Crippen LogP contribution in [0.3, 0.4) is 0 Å². The van der Waals surface area contributed by atoms with Crippen LogP contribution in [0.15, 0.2) is 0 Å². The average Bonchev–Trinajstić information content (AvgIpc) is 2.80. The van der Waals surface area contributed by atoms with Gasteiger partial charge in [-0.3, -0.25) is 4.57 Å². The Bertz CT molecular complexity index is 221. The van der Waals surface area contributed by atoms with Gasteiger partial charge in [-0.15, -0.1) is 0 Å². The molecular weight excluding hydrogens is 232 g/mol. The highest BCUT2D eigenvalue weighted by Gasteiger charge is 2.49. The van der Waals surface area contributed by atoms with Gasteiger partial charge in [-0.2, -0.15) is 0 Å². The van der Waals surface area contributed by atoms with Gasteiger partial charge in [0.1, 0.15) is 0 Å². The van der Waals surface area contributed by atoms with E-state index in [9.17, 15) is 0 Å². The minimum absolute atomic E-state index is 0.518. The maximum atomic E-state index is 5.75. The molecule has 0 spiro atoms. The van der Waals surface area contributed by atoms with Gasteiger partial charge in [-0.1, -0.05) is 13.8 Å². The van der Waals surface area contributed by atoms with Gasteiger partial charge in [-0.05, 0) is 33.0 Å². The van der Waals surface area contributed by atoms with E-state index in [1.807, 2.05) is 0 Å². The van der Waals surface area contributed by atoms with Crippen molar-refractivity contribution < 1.29 is 8.85 Å². The van der Waals surface area contributed by atoms with Crippen molar-refractivity contribution in [1.29, 1.82) is 0 Å². The van der Waals surface area contributed by atoms with Crippen LogP contribution in [0.25, 0.3) is 0 Å². The normalized spacial score (nSPS) is 22.2. The summed E-state index contributed by atoms with van der Waals surface area (Å²) in [5.41, 5.74) is 0. The highest BCUT2D eigenvalue weighted by molar-refractivity contribution is 6.65. The summed E-state index contributed by atoms with van der Waals surface area (Å²) in [7, 11) is 1.55. The number of nitrogens with zero attached hydrogens (tertiary/aromatic N) is 2. The zero-order chi connectivity index (χ0) is 12.9. The highest BCUT2D eigenvalue weighted by Crippen LogP contribution is 2.29. The van der Waals surface area contributed by atoms with Crippen LogP contribution >= 0.6 is 0 Å². The molecule has 0 N–H and O–H groups in total. The maximum Gasteiger partial charge on any atom is 0.427 e. The van der Waals surface area contributed by atoms with Gasteiger partial charge in [0.15, 0.2) is 0 Å². The predicted molar refractivity (Wildman–Crippen MR) is 73.2 cm³/mol. The molecule has 1 atom stereocenters. The van der Waals surface area contributed by atoms with Crippen LogP contribution in [-0.2, 0) is 8.85 Å². The topological polar surface area (TPSA) is 24.9 Å². The van der Waals surface area contributed by atoms with E-state index >= 15 is 0 Å². The van der Waals surface area contributed by atoms with E-state index < -0.39 is 8.72 Å². The van der Waals surface area contributed by atoms with Gasteiger partial charge in [-0.25, -0.2) is 0 Å². The van der Waals surface area contributed by atoms with E-state index in [0.717, 1.165) is 32.2 Å². The molecule has 4 nitrogen and oxygen atoms in total. The fraction of sp³-hybridized carbons (Fsp3) is 1.00. The van der Waals surface area contributed by atoms with E-state index in [4.69, 9.17) is 8.85 Å². The SMILES string of the molecule is CCN(CC)CC(C)N1CCC[Si]1(OC)OC. The summed E-state index contributed by atoms with van der Waals surface area (Å²) in [6.45, 7) is 11.2. The fourth-order valence-corrected chi connectivity index (χ4v) is 6.01. The van der Waals surface area contributed by atoms with Crippen molar-refractivity contribution in [3.05, 3.63) is 0 Å². The van der Waals surface area contributed by atoms with Crippen molar-refractivity contribution in [1.82, 2.24) is 9.47 Å². The average molecular weight is 260 g/mol. The lowest BCUT2D eigenvalue weighted by Gasteiger charge is -2.38. The molecule has 1 aliphatic heterocycles. The first kappa shape index (κ1) is 15.1. The largest absolute Gasteiger partial charge is 0.427 e. The lowest BCUT2D eigenvalue weighted by atomic mass is 10.3. The van der Waals surface area contributed by atoms with E-state index in [1.54, 1.807) is 14.2 Å². The molecule has 102 valence electrons.